The average Bonchev–Trinajstić information content (AvgIpc) is 2.68. The predicted octanol–water partition coefficient (Wildman–Crippen LogP) is 3.86. The van der Waals surface area contributed by atoms with Crippen molar-refractivity contribution >= 4 is 23.6 Å². The summed E-state index contributed by atoms with van der Waals surface area (Å²) in [6.45, 7) is 4.51. The largest absolute Gasteiger partial charge is 0.355 e. The normalized spacial score (nSPS) is 11.7. The Hall–Kier alpha value is -2.34. The first-order valence-corrected chi connectivity index (χ1v) is 10.0. The minimum atomic E-state index is -0.557. The standard InChI is InChI=1S/C21H25FN2O2S/c1-3-19(21(26)23-4-2)24(14-16-10-12-17(22)13-11-16)20(25)15-27-18-8-6-5-7-9-18/h5-13,19H,3-4,14-15H2,1-2H3,(H,23,26)/t19-/m0/s1. The molecule has 27 heavy (non-hydrogen) atoms. The molecule has 0 aliphatic carbocycles. The van der Waals surface area contributed by atoms with Gasteiger partial charge in [0.2, 0.25) is 11.8 Å². The Labute approximate surface area is 164 Å². The predicted molar refractivity (Wildman–Crippen MR) is 107 cm³/mol. The van der Waals surface area contributed by atoms with E-state index in [0.29, 0.717) is 13.0 Å². The van der Waals surface area contributed by atoms with Crippen LogP contribution in [0.5, 0.6) is 0 Å². The lowest BCUT2D eigenvalue weighted by Gasteiger charge is -2.30. The zero-order chi connectivity index (χ0) is 19.6. The van der Waals surface area contributed by atoms with E-state index in [1.165, 1.54) is 23.9 Å². The summed E-state index contributed by atoms with van der Waals surface area (Å²) in [6.07, 6.45) is 0.509. The maximum absolute atomic E-state index is 13.2. The Balaban J connectivity index is 2.17. The minimum absolute atomic E-state index is 0.119. The molecular weight excluding hydrogens is 363 g/mol. The number of likely N-dealkylation sites (N-methyl/N-ethyl adjacent to an activating group) is 1. The Kier molecular flexibility index (Phi) is 8.33. The molecule has 6 heteroatoms. The van der Waals surface area contributed by atoms with Crippen LogP contribution in [-0.2, 0) is 16.1 Å². The smallest absolute Gasteiger partial charge is 0.242 e. The average molecular weight is 389 g/mol. The number of carbonyl (C=O) groups is 2. The molecule has 0 fully saturated rings. The number of rotatable bonds is 9. The molecule has 0 saturated heterocycles. The van der Waals surface area contributed by atoms with Crippen LogP contribution in [0.4, 0.5) is 4.39 Å². The topological polar surface area (TPSA) is 49.4 Å². The fourth-order valence-corrected chi connectivity index (χ4v) is 3.55. The van der Waals surface area contributed by atoms with E-state index in [2.05, 4.69) is 5.32 Å². The highest BCUT2D eigenvalue weighted by atomic mass is 32.2. The van der Waals surface area contributed by atoms with Crippen LogP contribution in [0.25, 0.3) is 0 Å². The molecule has 144 valence electrons. The van der Waals surface area contributed by atoms with Gasteiger partial charge in [0.05, 0.1) is 5.75 Å². The third kappa shape index (κ3) is 6.40. The van der Waals surface area contributed by atoms with Gasteiger partial charge in [-0.3, -0.25) is 9.59 Å². The highest BCUT2D eigenvalue weighted by Gasteiger charge is 2.28. The van der Waals surface area contributed by atoms with Gasteiger partial charge in [-0.05, 0) is 43.2 Å². The summed E-state index contributed by atoms with van der Waals surface area (Å²) in [5, 5.41) is 2.80. The number of hydrogen-bond donors (Lipinski definition) is 1. The van der Waals surface area contributed by atoms with Crippen LogP contribution in [0.2, 0.25) is 0 Å². The third-order valence-electron chi connectivity index (χ3n) is 4.11. The van der Waals surface area contributed by atoms with Gasteiger partial charge in [-0.25, -0.2) is 4.39 Å². The van der Waals surface area contributed by atoms with Gasteiger partial charge in [-0.2, -0.15) is 0 Å². The van der Waals surface area contributed by atoms with Crippen molar-refractivity contribution in [2.24, 2.45) is 0 Å². The maximum atomic E-state index is 13.2. The summed E-state index contributed by atoms with van der Waals surface area (Å²) < 4.78 is 13.2. The molecule has 1 N–H and O–H groups in total. The van der Waals surface area contributed by atoms with E-state index in [0.717, 1.165) is 10.5 Å². The van der Waals surface area contributed by atoms with Gasteiger partial charge in [0.25, 0.3) is 0 Å². The van der Waals surface area contributed by atoms with E-state index in [9.17, 15) is 14.0 Å². The second-order valence-electron chi connectivity index (χ2n) is 6.07. The second kappa shape index (κ2) is 10.7. The van der Waals surface area contributed by atoms with Crippen molar-refractivity contribution in [2.75, 3.05) is 12.3 Å². The molecule has 4 nitrogen and oxygen atoms in total. The summed E-state index contributed by atoms with van der Waals surface area (Å²) in [7, 11) is 0. The van der Waals surface area contributed by atoms with E-state index in [1.807, 2.05) is 44.2 Å². The molecule has 0 heterocycles. The van der Waals surface area contributed by atoms with E-state index in [4.69, 9.17) is 0 Å². The number of benzene rings is 2. The van der Waals surface area contributed by atoms with Gasteiger partial charge in [0.1, 0.15) is 11.9 Å². The number of hydrogen-bond acceptors (Lipinski definition) is 3. The molecule has 0 radical (unpaired) electrons. The van der Waals surface area contributed by atoms with Crippen LogP contribution in [0, 0.1) is 5.82 Å². The number of nitrogens with one attached hydrogen (secondary N) is 1. The molecule has 0 spiro atoms. The SMILES string of the molecule is CCNC(=O)[C@H](CC)N(Cc1ccc(F)cc1)C(=O)CSc1ccccc1. The number of carbonyl (C=O) groups excluding carboxylic acids is 2. The number of nitrogens with zero attached hydrogens (tertiary/aromatic N) is 1. The summed E-state index contributed by atoms with van der Waals surface area (Å²) >= 11 is 1.44. The molecule has 2 aromatic carbocycles. The molecule has 1 atom stereocenters. The van der Waals surface area contributed by atoms with Crippen LogP contribution in [0.15, 0.2) is 59.5 Å². The zero-order valence-electron chi connectivity index (χ0n) is 15.7. The lowest BCUT2D eigenvalue weighted by Crippen LogP contribution is -2.49. The second-order valence-corrected chi connectivity index (χ2v) is 7.12. The third-order valence-corrected chi connectivity index (χ3v) is 5.11. The van der Waals surface area contributed by atoms with E-state index >= 15 is 0 Å². The molecular formula is C21H25FN2O2S. The lowest BCUT2D eigenvalue weighted by atomic mass is 10.1. The monoisotopic (exact) mass is 388 g/mol. The Morgan fingerprint density at radius 3 is 2.33 bits per heavy atom. The molecule has 0 aliphatic heterocycles. The zero-order valence-corrected chi connectivity index (χ0v) is 16.5. The molecule has 0 unspecified atom stereocenters. The van der Waals surface area contributed by atoms with Crippen molar-refractivity contribution in [3.63, 3.8) is 0 Å². The lowest BCUT2D eigenvalue weighted by molar-refractivity contribution is -0.139. The van der Waals surface area contributed by atoms with Gasteiger partial charge >= 0.3 is 0 Å². The van der Waals surface area contributed by atoms with Gasteiger partial charge in [-0.15, -0.1) is 11.8 Å². The summed E-state index contributed by atoms with van der Waals surface area (Å²) in [6, 6.07) is 15.1. The van der Waals surface area contributed by atoms with Crippen molar-refractivity contribution < 1.29 is 14.0 Å². The van der Waals surface area contributed by atoms with Crippen molar-refractivity contribution in [2.45, 2.75) is 37.8 Å². The minimum Gasteiger partial charge on any atom is -0.355 e. The highest BCUT2D eigenvalue weighted by molar-refractivity contribution is 8.00. The Bertz CT molecular complexity index is 738. The number of amides is 2. The first kappa shape index (κ1) is 21.0. The summed E-state index contributed by atoms with van der Waals surface area (Å²) in [5.41, 5.74) is 0.789. The van der Waals surface area contributed by atoms with Crippen LogP contribution >= 0.6 is 11.8 Å². The van der Waals surface area contributed by atoms with E-state index < -0.39 is 6.04 Å². The maximum Gasteiger partial charge on any atom is 0.242 e. The van der Waals surface area contributed by atoms with Gasteiger partial charge in [-0.1, -0.05) is 37.3 Å². The number of halogens is 1. The van der Waals surface area contributed by atoms with Gasteiger partial charge in [0.15, 0.2) is 0 Å². The number of thioether (sulfide) groups is 1. The fraction of sp³-hybridized carbons (Fsp3) is 0.333. The fourth-order valence-electron chi connectivity index (χ4n) is 2.74. The molecule has 2 amide bonds. The first-order valence-electron chi connectivity index (χ1n) is 9.04. The molecule has 0 aliphatic rings. The van der Waals surface area contributed by atoms with Crippen LogP contribution in [0.3, 0.4) is 0 Å². The van der Waals surface area contributed by atoms with Crippen molar-refractivity contribution in [1.29, 1.82) is 0 Å². The van der Waals surface area contributed by atoms with Crippen molar-refractivity contribution in [3.05, 3.63) is 66.0 Å². The van der Waals surface area contributed by atoms with E-state index in [-0.39, 0.29) is 29.9 Å². The quantitative estimate of drug-likeness (QED) is 0.664. The van der Waals surface area contributed by atoms with Gasteiger partial charge < -0.3 is 10.2 Å². The highest BCUT2D eigenvalue weighted by Crippen LogP contribution is 2.20. The molecule has 2 aromatic rings. The Morgan fingerprint density at radius 2 is 1.74 bits per heavy atom. The Morgan fingerprint density at radius 1 is 1.07 bits per heavy atom. The van der Waals surface area contributed by atoms with Crippen LogP contribution in [-0.4, -0.2) is 35.1 Å². The van der Waals surface area contributed by atoms with Crippen LogP contribution < -0.4 is 5.32 Å². The molecule has 0 aromatic heterocycles. The van der Waals surface area contributed by atoms with E-state index in [1.54, 1.807) is 17.0 Å². The summed E-state index contributed by atoms with van der Waals surface area (Å²) in [4.78, 5) is 28.0. The van der Waals surface area contributed by atoms with Crippen molar-refractivity contribution in [3.8, 4) is 0 Å². The molecule has 0 saturated carbocycles. The summed E-state index contributed by atoms with van der Waals surface area (Å²) in [5.74, 6) is -0.375. The molecule has 2 rings (SSSR count). The van der Waals surface area contributed by atoms with Crippen molar-refractivity contribution in [1.82, 2.24) is 10.2 Å². The van der Waals surface area contributed by atoms with Gasteiger partial charge in [0, 0.05) is 18.0 Å². The first-order chi connectivity index (χ1) is 13.0. The molecule has 0 bridgehead atoms. The van der Waals surface area contributed by atoms with Crippen LogP contribution in [0.1, 0.15) is 25.8 Å².